The summed E-state index contributed by atoms with van der Waals surface area (Å²) in [5.74, 6) is -0.455. The number of carbonyl (C=O) groups excluding carboxylic acids is 1. The minimum Gasteiger partial charge on any atom is -0.494 e. The van der Waals surface area contributed by atoms with Gasteiger partial charge >= 0.3 is 0 Å². The Bertz CT molecular complexity index is 516. The van der Waals surface area contributed by atoms with Crippen molar-refractivity contribution in [3.63, 3.8) is 0 Å². The molecule has 1 amide bonds. The Morgan fingerprint density at radius 2 is 2.35 bits per heavy atom. The number of carbonyl (C=O) groups is 1. The minimum absolute atomic E-state index is 0.167. The SMILES string of the molecule is COc1ccc(/C=C/C(=O)N2CCC[C@H](O)C2)cc1F. The number of aliphatic hydroxyl groups excluding tert-OH is 1. The second-order valence-electron chi connectivity index (χ2n) is 4.81. The molecule has 2 rings (SSSR count). The molecule has 1 atom stereocenters. The van der Waals surface area contributed by atoms with Crippen LogP contribution in [0.5, 0.6) is 5.75 Å². The average molecular weight is 279 g/mol. The van der Waals surface area contributed by atoms with E-state index in [9.17, 15) is 14.3 Å². The fourth-order valence-corrected chi connectivity index (χ4v) is 2.21. The van der Waals surface area contributed by atoms with Crippen molar-refractivity contribution in [3.8, 4) is 5.75 Å². The Labute approximate surface area is 117 Å². The van der Waals surface area contributed by atoms with E-state index >= 15 is 0 Å². The normalized spacial score (nSPS) is 19.4. The van der Waals surface area contributed by atoms with E-state index in [1.807, 2.05) is 0 Å². The highest BCUT2D eigenvalue weighted by molar-refractivity contribution is 5.91. The molecule has 0 bridgehead atoms. The molecule has 1 N–H and O–H groups in total. The molecule has 1 aliphatic rings. The largest absolute Gasteiger partial charge is 0.494 e. The highest BCUT2D eigenvalue weighted by atomic mass is 19.1. The Hall–Kier alpha value is -1.88. The molecule has 1 fully saturated rings. The number of piperidine rings is 1. The number of hydrogen-bond acceptors (Lipinski definition) is 3. The van der Waals surface area contributed by atoms with E-state index in [1.54, 1.807) is 17.0 Å². The zero-order valence-corrected chi connectivity index (χ0v) is 11.4. The second kappa shape index (κ2) is 6.52. The molecule has 0 aromatic heterocycles. The van der Waals surface area contributed by atoms with Gasteiger partial charge in [-0.2, -0.15) is 0 Å². The van der Waals surface area contributed by atoms with Crippen LogP contribution < -0.4 is 4.74 Å². The maximum Gasteiger partial charge on any atom is 0.246 e. The van der Waals surface area contributed by atoms with Crippen LogP contribution in [0.1, 0.15) is 18.4 Å². The third kappa shape index (κ3) is 3.57. The van der Waals surface area contributed by atoms with Gasteiger partial charge in [-0.1, -0.05) is 6.07 Å². The van der Waals surface area contributed by atoms with Gasteiger partial charge in [0.25, 0.3) is 0 Å². The fraction of sp³-hybridized carbons (Fsp3) is 0.400. The number of likely N-dealkylation sites (tertiary alicyclic amines) is 1. The first-order valence-corrected chi connectivity index (χ1v) is 6.58. The summed E-state index contributed by atoms with van der Waals surface area (Å²) in [6, 6.07) is 4.51. The van der Waals surface area contributed by atoms with E-state index in [-0.39, 0.29) is 11.7 Å². The van der Waals surface area contributed by atoms with Crippen LogP contribution in [0.3, 0.4) is 0 Å². The highest BCUT2D eigenvalue weighted by Crippen LogP contribution is 2.18. The minimum atomic E-state index is -0.463. The summed E-state index contributed by atoms with van der Waals surface area (Å²) in [5, 5.41) is 9.53. The van der Waals surface area contributed by atoms with Crippen LogP contribution >= 0.6 is 0 Å². The molecular formula is C15H18FNO3. The van der Waals surface area contributed by atoms with Crippen LogP contribution in [-0.4, -0.2) is 42.2 Å². The third-order valence-electron chi connectivity index (χ3n) is 3.30. The van der Waals surface area contributed by atoms with Crippen LogP contribution in [0.15, 0.2) is 24.3 Å². The van der Waals surface area contributed by atoms with Gasteiger partial charge in [0.1, 0.15) is 0 Å². The molecule has 0 unspecified atom stereocenters. The molecular weight excluding hydrogens is 261 g/mol. The van der Waals surface area contributed by atoms with E-state index in [1.165, 1.54) is 25.3 Å². The van der Waals surface area contributed by atoms with Gasteiger partial charge in [0.05, 0.1) is 13.2 Å². The van der Waals surface area contributed by atoms with Crippen molar-refractivity contribution in [2.45, 2.75) is 18.9 Å². The van der Waals surface area contributed by atoms with Crippen LogP contribution in [0.2, 0.25) is 0 Å². The van der Waals surface area contributed by atoms with Crippen molar-refractivity contribution < 1.29 is 19.0 Å². The lowest BCUT2D eigenvalue weighted by molar-refractivity contribution is -0.128. The second-order valence-corrected chi connectivity index (χ2v) is 4.81. The summed E-state index contributed by atoms with van der Waals surface area (Å²) in [4.78, 5) is 13.5. The van der Waals surface area contributed by atoms with Crippen molar-refractivity contribution in [1.29, 1.82) is 0 Å². The maximum absolute atomic E-state index is 13.5. The summed E-state index contributed by atoms with van der Waals surface area (Å²) in [5.41, 5.74) is 0.592. The Morgan fingerprint density at radius 3 is 3.00 bits per heavy atom. The number of benzene rings is 1. The van der Waals surface area contributed by atoms with Gasteiger partial charge in [-0.15, -0.1) is 0 Å². The fourth-order valence-electron chi connectivity index (χ4n) is 2.21. The lowest BCUT2D eigenvalue weighted by Gasteiger charge is -2.29. The summed E-state index contributed by atoms with van der Waals surface area (Å²) >= 11 is 0. The molecule has 1 saturated heterocycles. The molecule has 0 saturated carbocycles. The molecule has 1 heterocycles. The molecule has 20 heavy (non-hydrogen) atoms. The summed E-state index contributed by atoms with van der Waals surface area (Å²) in [6.07, 6.45) is 4.06. The highest BCUT2D eigenvalue weighted by Gasteiger charge is 2.20. The van der Waals surface area contributed by atoms with Crippen molar-refractivity contribution >= 4 is 12.0 Å². The summed E-state index contributed by atoms with van der Waals surface area (Å²) < 4.78 is 18.3. The zero-order chi connectivity index (χ0) is 14.5. The monoisotopic (exact) mass is 279 g/mol. The average Bonchev–Trinajstić information content (AvgIpc) is 2.45. The lowest BCUT2D eigenvalue weighted by Crippen LogP contribution is -2.41. The van der Waals surface area contributed by atoms with E-state index in [0.717, 1.165) is 12.8 Å². The molecule has 0 aliphatic carbocycles. The van der Waals surface area contributed by atoms with Crippen LogP contribution in [0, 0.1) is 5.82 Å². The Balaban J connectivity index is 2.01. The predicted octanol–water partition coefficient (Wildman–Crippen LogP) is 1.83. The molecule has 4 nitrogen and oxygen atoms in total. The number of β-amino-alcohol motifs (C(OH)–C–C–N with tert-alkyl or cyclic N) is 1. The number of ether oxygens (including phenoxy) is 1. The standard InChI is InChI=1S/C15H18FNO3/c1-20-14-6-4-11(9-13(14)16)5-7-15(19)17-8-2-3-12(18)10-17/h4-7,9,12,18H,2-3,8,10H2,1H3/b7-5+/t12-/m0/s1. The topological polar surface area (TPSA) is 49.8 Å². The Morgan fingerprint density at radius 1 is 1.55 bits per heavy atom. The number of nitrogens with zero attached hydrogens (tertiary/aromatic N) is 1. The molecule has 0 radical (unpaired) electrons. The molecule has 1 aliphatic heterocycles. The van der Waals surface area contributed by atoms with Crippen molar-refractivity contribution in [3.05, 3.63) is 35.7 Å². The molecule has 1 aromatic carbocycles. The molecule has 1 aromatic rings. The number of halogens is 1. The van der Waals surface area contributed by atoms with Crippen LogP contribution in [-0.2, 0) is 4.79 Å². The number of rotatable bonds is 3. The molecule has 0 spiro atoms. The quantitative estimate of drug-likeness (QED) is 0.859. The van der Waals surface area contributed by atoms with E-state index < -0.39 is 11.9 Å². The first-order chi connectivity index (χ1) is 9.60. The number of aliphatic hydroxyl groups is 1. The third-order valence-corrected chi connectivity index (χ3v) is 3.30. The van der Waals surface area contributed by atoms with Gasteiger partial charge in [-0.05, 0) is 36.6 Å². The number of amides is 1. The van der Waals surface area contributed by atoms with Gasteiger partial charge in [-0.3, -0.25) is 4.79 Å². The lowest BCUT2D eigenvalue weighted by atomic mass is 10.1. The van der Waals surface area contributed by atoms with Gasteiger partial charge in [-0.25, -0.2) is 4.39 Å². The van der Waals surface area contributed by atoms with Crippen molar-refractivity contribution in [2.75, 3.05) is 20.2 Å². The molecule has 108 valence electrons. The van der Waals surface area contributed by atoms with Crippen LogP contribution in [0.4, 0.5) is 4.39 Å². The number of methoxy groups -OCH3 is 1. The van der Waals surface area contributed by atoms with E-state index in [4.69, 9.17) is 4.74 Å². The van der Waals surface area contributed by atoms with E-state index in [2.05, 4.69) is 0 Å². The summed E-state index contributed by atoms with van der Waals surface area (Å²) in [6.45, 7) is 1.01. The zero-order valence-electron chi connectivity index (χ0n) is 11.4. The van der Waals surface area contributed by atoms with Gasteiger partial charge in [0, 0.05) is 19.2 Å². The van der Waals surface area contributed by atoms with Gasteiger partial charge in [0.2, 0.25) is 5.91 Å². The van der Waals surface area contributed by atoms with Gasteiger partial charge in [0.15, 0.2) is 11.6 Å². The Kier molecular flexibility index (Phi) is 4.74. The maximum atomic E-state index is 13.5. The van der Waals surface area contributed by atoms with E-state index in [0.29, 0.717) is 18.7 Å². The first kappa shape index (κ1) is 14.5. The molecule has 5 heteroatoms. The van der Waals surface area contributed by atoms with Crippen LogP contribution in [0.25, 0.3) is 6.08 Å². The first-order valence-electron chi connectivity index (χ1n) is 6.58. The summed E-state index contributed by atoms with van der Waals surface area (Å²) in [7, 11) is 1.40. The number of hydrogen-bond donors (Lipinski definition) is 1. The smallest absolute Gasteiger partial charge is 0.246 e. The van der Waals surface area contributed by atoms with Crippen molar-refractivity contribution in [2.24, 2.45) is 0 Å². The van der Waals surface area contributed by atoms with Gasteiger partial charge < -0.3 is 14.7 Å². The predicted molar refractivity (Wildman–Crippen MR) is 73.8 cm³/mol. The van der Waals surface area contributed by atoms with Crippen molar-refractivity contribution in [1.82, 2.24) is 4.90 Å².